The SMILES string of the molecule is CCN(C(=O)c1ccccc1S)C(C)CN(C)C. The van der Waals surface area contributed by atoms with E-state index >= 15 is 0 Å². The summed E-state index contributed by atoms with van der Waals surface area (Å²) in [6.45, 7) is 5.64. The number of thiol groups is 1. The highest BCUT2D eigenvalue weighted by atomic mass is 32.1. The van der Waals surface area contributed by atoms with Crippen molar-refractivity contribution in [2.24, 2.45) is 0 Å². The fraction of sp³-hybridized carbons (Fsp3) is 0.500. The lowest BCUT2D eigenvalue weighted by molar-refractivity contribution is 0.0675. The molecule has 0 N–H and O–H groups in total. The van der Waals surface area contributed by atoms with Crippen LogP contribution < -0.4 is 0 Å². The molecule has 1 aromatic carbocycles. The van der Waals surface area contributed by atoms with Crippen molar-refractivity contribution in [1.82, 2.24) is 9.80 Å². The number of hydrogen-bond acceptors (Lipinski definition) is 3. The third kappa shape index (κ3) is 3.75. The Labute approximate surface area is 115 Å². The summed E-state index contributed by atoms with van der Waals surface area (Å²) in [5, 5.41) is 0. The van der Waals surface area contributed by atoms with Gasteiger partial charge >= 0.3 is 0 Å². The van der Waals surface area contributed by atoms with E-state index in [4.69, 9.17) is 0 Å². The molecule has 1 unspecified atom stereocenters. The number of nitrogens with zero attached hydrogens (tertiary/aromatic N) is 2. The van der Waals surface area contributed by atoms with Crippen molar-refractivity contribution >= 4 is 18.5 Å². The lowest BCUT2D eigenvalue weighted by Crippen LogP contribution is -2.43. The molecule has 0 fully saturated rings. The monoisotopic (exact) mass is 266 g/mol. The van der Waals surface area contributed by atoms with Gasteiger partial charge in [0, 0.05) is 24.0 Å². The lowest BCUT2D eigenvalue weighted by atomic mass is 10.1. The quantitative estimate of drug-likeness (QED) is 0.827. The Bertz CT molecular complexity index is 407. The first-order chi connectivity index (χ1) is 8.47. The molecule has 0 saturated carbocycles. The highest BCUT2D eigenvalue weighted by Gasteiger charge is 2.21. The smallest absolute Gasteiger partial charge is 0.255 e. The molecular weight excluding hydrogens is 244 g/mol. The molecule has 4 heteroatoms. The molecule has 0 aliphatic rings. The molecule has 1 amide bonds. The van der Waals surface area contributed by atoms with E-state index in [1.165, 1.54) is 0 Å². The van der Waals surface area contributed by atoms with Crippen molar-refractivity contribution < 1.29 is 4.79 Å². The number of amides is 1. The maximum atomic E-state index is 12.5. The molecule has 1 atom stereocenters. The van der Waals surface area contributed by atoms with Gasteiger partial charge in [0.25, 0.3) is 5.91 Å². The maximum absolute atomic E-state index is 12.5. The molecule has 18 heavy (non-hydrogen) atoms. The molecule has 0 bridgehead atoms. The highest BCUT2D eigenvalue weighted by molar-refractivity contribution is 7.80. The van der Waals surface area contributed by atoms with Crippen LogP contribution in [0.5, 0.6) is 0 Å². The van der Waals surface area contributed by atoms with Gasteiger partial charge in [-0.05, 0) is 40.1 Å². The summed E-state index contributed by atoms with van der Waals surface area (Å²) < 4.78 is 0. The first-order valence-electron chi connectivity index (χ1n) is 6.21. The number of hydrogen-bond donors (Lipinski definition) is 1. The molecule has 1 rings (SSSR count). The van der Waals surface area contributed by atoms with Crippen LogP contribution in [0, 0.1) is 0 Å². The van der Waals surface area contributed by atoms with Crippen molar-refractivity contribution in [3.63, 3.8) is 0 Å². The van der Waals surface area contributed by atoms with Gasteiger partial charge in [0.2, 0.25) is 0 Å². The number of carbonyl (C=O) groups is 1. The minimum Gasteiger partial charge on any atom is -0.335 e. The molecule has 0 radical (unpaired) electrons. The second-order valence-corrected chi connectivity index (χ2v) is 5.20. The van der Waals surface area contributed by atoms with Crippen molar-refractivity contribution in [3.8, 4) is 0 Å². The Morgan fingerprint density at radius 3 is 2.44 bits per heavy atom. The first kappa shape index (κ1) is 15.1. The van der Waals surface area contributed by atoms with E-state index in [1.54, 1.807) is 0 Å². The molecule has 0 aromatic heterocycles. The van der Waals surface area contributed by atoms with E-state index in [1.807, 2.05) is 50.2 Å². The van der Waals surface area contributed by atoms with Gasteiger partial charge in [-0.3, -0.25) is 4.79 Å². The first-order valence-corrected chi connectivity index (χ1v) is 6.65. The second-order valence-electron chi connectivity index (χ2n) is 4.72. The Balaban J connectivity index is 2.89. The van der Waals surface area contributed by atoms with Crippen LogP contribution in [-0.2, 0) is 0 Å². The minimum absolute atomic E-state index is 0.0532. The standard InChI is InChI=1S/C14H22N2OS/c1-5-16(11(2)10-15(3)4)14(17)12-8-6-7-9-13(12)18/h6-9,11,18H,5,10H2,1-4H3. The molecule has 0 aliphatic heterocycles. The topological polar surface area (TPSA) is 23.6 Å². The van der Waals surface area contributed by atoms with E-state index in [-0.39, 0.29) is 11.9 Å². The summed E-state index contributed by atoms with van der Waals surface area (Å²) in [6.07, 6.45) is 0. The molecule has 3 nitrogen and oxygen atoms in total. The number of rotatable bonds is 5. The predicted molar refractivity (Wildman–Crippen MR) is 78.4 cm³/mol. The van der Waals surface area contributed by atoms with E-state index < -0.39 is 0 Å². The zero-order valence-electron chi connectivity index (χ0n) is 11.6. The molecular formula is C14H22N2OS. The van der Waals surface area contributed by atoms with Crippen LogP contribution in [0.4, 0.5) is 0 Å². The normalized spacial score (nSPS) is 12.6. The predicted octanol–water partition coefficient (Wildman–Crippen LogP) is 2.39. The van der Waals surface area contributed by atoms with Crippen molar-refractivity contribution in [3.05, 3.63) is 29.8 Å². The van der Waals surface area contributed by atoms with Crippen LogP contribution in [0.15, 0.2) is 29.2 Å². The third-order valence-electron chi connectivity index (χ3n) is 2.90. The summed E-state index contributed by atoms with van der Waals surface area (Å²) in [6, 6.07) is 7.62. The highest BCUT2D eigenvalue weighted by Crippen LogP contribution is 2.16. The van der Waals surface area contributed by atoms with Crippen molar-refractivity contribution in [2.75, 3.05) is 27.2 Å². The Kier molecular flexibility index (Phi) is 5.69. The third-order valence-corrected chi connectivity index (χ3v) is 3.29. The Hall–Kier alpha value is -1.00. The fourth-order valence-electron chi connectivity index (χ4n) is 2.09. The molecule has 1 aromatic rings. The van der Waals surface area contributed by atoms with E-state index in [9.17, 15) is 4.79 Å². The summed E-state index contributed by atoms with van der Waals surface area (Å²) in [5.74, 6) is 0.0532. The number of benzene rings is 1. The number of likely N-dealkylation sites (N-methyl/N-ethyl adjacent to an activating group) is 2. The van der Waals surface area contributed by atoms with E-state index in [0.717, 1.165) is 11.4 Å². The average Bonchev–Trinajstić information content (AvgIpc) is 2.29. The average molecular weight is 266 g/mol. The molecule has 0 aliphatic carbocycles. The van der Waals surface area contributed by atoms with E-state index in [0.29, 0.717) is 12.1 Å². The van der Waals surface area contributed by atoms with Gasteiger partial charge in [0.05, 0.1) is 5.56 Å². The lowest BCUT2D eigenvalue weighted by Gasteiger charge is -2.30. The Morgan fingerprint density at radius 2 is 1.94 bits per heavy atom. The van der Waals surface area contributed by atoms with Crippen LogP contribution in [0.2, 0.25) is 0 Å². The zero-order valence-corrected chi connectivity index (χ0v) is 12.4. The van der Waals surface area contributed by atoms with Gasteiger partial charge in [-0.15, -0.1) is 12.6 Å². The van der Waals surface area contributed by atoms with Crippen LogP contribution >= 0.6 is 12.6 Å². The largest absolute Gasteiger partial charge is 0.335 e. The van der Waals surface area contributed by atoms with E-state index in [2.05, 4.69) is 24.5 Å². The van der Waals surface area contributed by atoms with Crippen molar-refractivity contribution in [1.29, 1.82) is 0 Å². The zero-order chi connectivity index (χ0) is 13.7. The van der Waals surface area contributed by atoms with Gasteiger partial charge in [-0.25, -0.2) is 0 Å². The Morgan fingerprint density at radius 1 is 1.33 bits per heavy atom. The van der Waals surface area contributed by atoms with Crippen LogP contribution in [0.3, 0.4) is 0 Å². The summed E-state index contributed by atoms with van der Waals surface area (Å²) >= 11 is 4.35. The van der Waals surface area contributed by atoms with Crippen molar-refractivity contribution in [2.45, 2.75) is 24.8 Å². The van der Waals surface area contributed by atoms with Gasteiger partial charge in [0.15, 0.2) is 0 Å². The second kappa shape index (κ2) is 6.81. The van der Waals surface area contributed by atoms with Crippen LogP contribution in [0.25, 0.3) is 0 Å². The summed E-state index contributed by atoms with van der Waals surface area (Å²) in [7, 11) is 4.03. The van der Waals surface area contributed by atoms with Gasteiger partial charge in [-0.1, -0.05) is 12.1 Å². The molecule has 100 valence electrons. The summed E-state index contributed by atoms with van der Waals surface area (Å²) in [4.78, 5) is 17.2. The molecule has 0 spiro atoms. The minimum atomic E-state index is 0.0532. The van der Waals surface area contributed by atoms with Gasteiger partial charge in [0.1, 0.15) is 0 Å². The molecule has 0 saturated heterocycles. The van der Waals surface area contributed by atoms with Gasteiger partial charge in [-0.2, -0.15) is 0 Å². The van der Waals surface area contributed by atoms with Crippen LogP contribution in [0.1, 0.15) is 24.2 Å². The fourth-order valence-corrected chi connectivity index (χ4v) is 2.35. The maximum Gasteiger partial charge on any atom is 0.255 e. The van der Waals surface area contributed by atoms with Crippen LogP contribution in [-0.4, -0.2) is 48.9 Å². The van der Waals surface area contributed by atoms with Gasteiger partial charge < -0.3 is 9.80 Å². The number of carbonyl (C=O) groups excluding carboxylic acids is 1. The molecule has 0 heterocycles. The summed E-state index contributed by atoms with van der Waals surface area (Å²) in [5.41, 5.74) is 0.674.